The first-order valence-electron chi connectivity index (χ1n) is 4.54. The molecule has 8 nitrogen and oxygen atoms in total. The minimum absolute atomic E-state index is 0.0404. The number of H-pyrrole nitrogens is 1. The smallest absolute Gasteiger partial charge is 0.213 e. The molecule has 1 aromatic rings. The molecule has 1 heterocycles. The average molecular weight is 234 g/mol. The maximum Gasteiger partial charge on any atom is 0.213 e. The van der Waals surface area contributed by atoms with Gasteiger partial charge >= 0.3 is 0 Å². The van der Waals surface area contributed by atoms with Gasteiger partial charge in [0.05, 0.1) is 12.3 Å². The second-order valence-corrected chi connectivity index (χ2v) is 4.75. The maximum absolute atomic E-state index is 11.4. The van der Waals surface area contributed by atoms with Crippen LogP contribution in [0.3, 0.4) is 0 Å². The third-order valence-electron chi connectivity index (χ3n) is 1.64. The Hall–Kier alpha value is -1.06. The van der Waals surface area contributed by atoms with Gasteiger partial charge in [0.15, 0.2) is 5.82 Å². The highest BCUT2D eigenvalue weighted by molar-refractivity contribution is 7.89. The lowest BCUT2D eigenvalue weighted by Crippen LogP contribution is -2.31. The fourth-order valence-electron chi connectivity index (χ4n) is 0.887. The summed E-state index contributed by atoms with van der Waals surface area (Å²) < 4.78 is 25.1. The van der Waals surface area contributed by atoms with Crippen LogP contribution >= 0.6 is 0 Å². The molecule has 0 unspecified atom stereocenters. The first-order chi connectivity index (χ1) is 7.14. The van der Waals surface area contributed by atoms with Gasteiger partial charge in [-0.15, -0.1) is 10.2 Å². The van der Waals surface area contributed by atoms with Crippen molar-refractivity contribution in [3.05, 3.63) is 5.82 Å². The Bertz CT molecular complexity index is 361. The molecule has 1 aromatic heterocycles. The summed E-state index contributed by atoms with van der Waals surface area (Å²) in [6.07, 6.45) is 0. The summed E-state index contributed by atoms with van der Waals surface area (Å²) in [7, 11) is -3.26. The number of aromatic nitrogens is 4. The van der Waals surface area contributed by atoms with Crippen molar-refractivity contribution >= 4 is 10.0 Å². The van der Waals surface area contributed by atoms with Gasteiger partial charge in [0, 0.05) is 6.54 Å². The number of tetrazole rings is 1. The van der Waals surface area contributed by atoms with Gasteiger partial charge in [-0.1, -0.05) is 12.1 Å². The first kappa shape index (κ1) is 12.0. The van der Waals surface area contributed by atoms with E-state index in [-0.39, 0.29) is 12.3 Å². The van der Waals surface area contributed by atoms with Gasteiger partial charge in [0.25, 0.3) is 0 Å². The number of aromatic amines is 1. The third kappa shape index (κ3) is 4.81. The van der Waals surface area contributed by atoms with Gasteiger partial charge in [0.1, 0.15) is 0 Å². The van der Waals surface area contributed by atoms with Crippen LogP contribution in [0.25, 0.3) is 0 Å². The molecule has 0 atom stereocenters. The molecule has 0 bridgehead atoms. The van der Waals surface area contributed by atoms with E-state index >= 15 is 0 Å². The van der Waals surface area contributed by atoms with Crippen LogP contribution in [-0.4, -0.2) is 47.9 Å². The predicted octanol–water partition coefficient (Wildman–Crippen LogP) is -1.77. The Morgan fingerprint density at radius 2 is 2.27 bits per heavy atom. The Labute approximate surface area is 87.9 Å². The fourth-order valence-corrected chi connectivity index (χ4v) is 1.79. The zero-order valence-electron chi connectivity index (χ0n) is 8.39. The summed E-state index contributed by atoms with van der Waals surface area (Å²) in [5, 5.41) is 15.7. The van der Waals surface area contributed by atoms with Gasteiger partial charge in [-0.05, 0) is 6.54 Å². The lowest BCUT2D eigenvalue weighted by Gasteiger charge is -2.04. The van der Waals surface area contributed by atoms with E-state index < -0.39 is 10.0 Å². The highest BCUT2D eigenvalue weighted by Gasteiger charge is 2.10. The van der Waals surface area contributed by atoms with E-state index in [9.17, 15) is 8.42 Å². The zero-order valence-corrected chi connectivity index (χ0v) is 9.21. The van der Waals surface area contributed by atoms with Crippen LogP contribution in [0, 0.1) is 0 Å². The molecule has 1 rings (SSSR count). The molecule has 86 valence electrons. The van der Waals surface area contributed by atoms with E-state index in [1.54, 1.807) is 0 Å². The van der Waals surface area contributed by atoms with Crippen molar-refractivity contribution < 1.29 is 8.42 Å². The van der Waals surface area contributed by atoms with Crippen LogP contribution < -0.4 is 10.0 Å². The van der Waals surface area contributed by atoms with Crippen molar-refractivity contribution in [2.75, 3.05) is 18.8 Å². The molecule has 3 N–H and O–H groups in total. The highest BCUT2D eigenvalue weighted by atomic mass is 32.2. The Morgan fingerprint density at radius 1 is 1.47 bits per heavy atom. The van der Waals surface area contributed by atoms with Crippen LogP contribution in [0.5, 0.6) is 0 Å². The normalized spacial score (nSPS) is 11.8. The SMILES string of the molecule is CCNCCS(=O)(=O)NCc1nn[nH]n1. The first-order valence-corrected chi connectivity index (χ1v) is 6.19. The number of hydrogen-bond donors (Lipinski definition) is 3. The maximum atomic E-state index is 11.4. The van der Waals surface area contributed by atoms with Crippen LogP contribution in [0.2, 0.25) is 0 Å². The molecule has 0 radical (unpaired) electrons. The van der Waals surface area contributed by atoms with E-state index in [0.717, 1.165) is 6.54 Å². The lowest BCUT2D eigenvalue weighted by molar-refractivity contribution is 0.575. The Morgan fingerprint density at radius 3 is 2.87 bits per heavy atom. The summed E-state index contributed by atoms with van der Waals surface area (Å²) in [5.74, 6) is 0.362. The van der Waals surface area contributed by atoms with Gasteiger partial charge in [0.2, 0.25) is 10.0 Å². The highest BCUT2D eigenvalue weighted by Crippen LogP contribution is 1.87. The number of nitrogens with zero attached hydrogens (tertiary/aromatic N) is 3. The van der Waals surface area contributed by atoms with Gasteiger partial charge < -0.3 is 5.32 Å². The second-order valence-electron chi connectivity index (χ2n) is 2.82. The molecule has 0 saturated carbocycles. The monoisotopic (exact) mass is 234 g/mol. The molecule has 9 heteroatoms. The molecule has 0 fully saturated rings. The molecular formula is C6H14N6O2S. The average Bonchev–Trinajstić information content (AvgIpc) is 2.68. The summed E-state index contributed by atoms with van der Waals surface area (Å²) in [4.78, 5) is 0. The summed E-state index contributed by atoms with van der Waals surface area (Å²) in [5.41, 5.74) is 0. The second kappa shape index (κ2) is 5.73. The number of hydrogen-bond acceptors (Lipinski definition) is 6. The van der Waals surface area contributed by atoms with Crippen molar-refractivity contribution in [1.29, 1.82) is 0 Å². The molecule has 0 aliphatic rings. The van der Waals surface area contributed by atoms with Crippen molar-refractivity contribution in [3.8, 4) is 0 Å². The molecule has 0 saturated heterocycles. The standard InChI is InChI=1S/C6H14N6O2S/c1-2-7-3-4-15(13,14)8-5-6-9-11-12-10-6/h7-8H,2-5H2,1H3,(H,9,10,11,12). The van der Waals surface area contributed by atoms with Gasteiger partial charge in [-0.3, -0.25) is 0 Å². The minimum Gasteiger partial charge on any atom is -0.316 e. The van der Waals surface area contributed by atoms with E-state index in [2.05, 4.69) is 30.7 Å². The van der Waals surface area contributed by atoms with E-state index in [0.29, 0.717) is 12.4 Å². The molecular weight excluding hydrogens is 220 g/mol. The number of sulfonamides is 1. The van der Waals surface area contributed by atoms with Crippen LogP contribution in [-0.2, 0) is 16.6 Å². The fraction of sp³-hybridized carbons (Fsp3) is 0.833. The molecule has 0 aliphatic heterocycles. The lowest BCUT2D eigenvalue weighted by atomic mass is 10.6. The number of rotatable bonds is 7. The molecule has 0 aromatic carbocycles. The molecule has 0 spiro atoms. The van der Waals surface area contributed by atoms with Crippen molar-refractivity contribution in [2.45, 2.75) is 13.5 Å². The van der Waals surface area contributed by atoms with Gasteiger partial charge in [-0.2, -0.15) is 5.21 Å². The summed E-state index contributed by atoms with van der Waals surface area (Å²) in [6.45, 7) is 3.16. The van der Waals surface area contributed by atoms with Crippen molar-refractivity contribution in [3.63, 3.8) is 0 Å². The topological polar surface area (TPSA) is 113 Å². The largest absolute Gasteiger partial charge is 0.316 e. The van der Waals surface area contributed by atoms with Crippen molar-refractivity contribution in [1.82, 2.24) is 30.7 Å². The molecule has 0 aliphatic carbocycles. The van der Waals surface area contributed by atoms with Gasteiger partial charge in [-0.25, -0.2) is 13.1 Å². The minimum atomic E-state index is -3.26. The summed E-state index contributed by atoms with van der Waals surface area (Å²) in [6, 6.07) is 0. The Kier molecular flexibility index (Phi) is 4.59. The van der Waals surface area contributed by atoms with E-state index in [1.807, 2.05) is 6.92 Å². The summed E-state index contributed by atoms with van der Waals surface area (Å²) >= 11 is 0. The number of nitrogens with one attached hydrogen (secondary N) is 3. The zero-order chi connectivity index (χ0) is 11.1. The molecule has 0 amide bonds. The van der Waals surface area contributed by atoms with E-state index in [1.165, 1.54) is 0 Å². The predicted molar refractivity (Wildman–Crippen MR) is 53.3 cm³/mol. The van der Waals surface area contributed by atoms with Crippen LogP contribution in [0.15, 0.2) is 0 Å². The quantitative estimate of drug-likeness (QED) is 0.481. The van der Waals surface area contributed by atoms with Crippen LogP contribution in [0.1, 0.15) is 12.7 Å². The third-order valence-corrected chi connectivity index (χ3v) is 2.96. The molecule has 15 heavy (non-hydrogen) atoms. The Balaban J connectivity index is 2.30. The van der Waals surface area contributed by atoms with Crippen molar-refractivity contribution in [2.24, 2.45) is 0 Å². The van der Waals surface area contributed by atoms with E-state index in [4.69, 9.17) is 0 Å². The van der Waals surface area contributed by atoms with Crippen LogP contribution in [0.4, 0.5) is 0 Å².